The van der Waals surface area contributed by atoms with Gasteiger partial charge in [0.25, 0.3) is 0 Å². The van der Waals surface area contributed by atoms with Crippen LogP contribution in [0.3, 0.4) is 0 Å². The second-order valence-corrected chi connectivity index (χ2v) is 4.94. The normalized spacial score (nSPS) is 16.9. The summed E-state index contributed by atoms with van der Waals surface area (Å²) in [5.41, 5.74) is -0.213. The molecule has 0 aromatic heterocycles. The lowest BCUT2D eigenvalue weighted by atomic mass is 9.89. The molecule has 0 aromatic carbocycles. The molecule has 0 aromatic rings. The first-order valence-corrected chi connectivity index (χ1v) is 5.74. The molecule has 1 aliphatic rings. The molecule has 1 amide bonds. The van der Waals surface area contributed by atoms with Crippen LogP contribution in [0.1, 0.15) is 46.0 Å². The molecule has 0 unspecified atom stereocenters. The summed E-state index contributed by atoms with van der Waals surface area (Å²) < 4.78 is 0. The summed E-state index contributed by atoms with van der Waals surface area (Å²) in [5, 5.41) is 8.83. The highest BCUT2D eigenvalue weighted by Gasteiger charge is 2.20. The van der Waals surface area contributed by atoms with Gasteiger partial charge in [0.05, 0.1) is 11.5 Å². The van der Waals surface area contributed by atoms with Crippen molar-refractivity contribution in [2.75, 3.05) is 13.1 Å². The van der Waals surface area contributed by atoms with Gasteiger partial charge in [0.2, 0.25) is 5.91 Å². The number of nitriles is 1. The first kappa shape index (κ1) is 12.0. The SMILES string of the molecule is CC(C)(C#N)CCCCN1CCCC1=O. The zero-order valence-electron chi connectivity index (χ0n) is 9.75. The molecule has 1 saturated heterocycles. The fraction of sp³-hybridized carbons (Fsp3) is 0.833. The second-order valence-electron chi connectivity index (χ2n) is 4.94. The van der Waals surface area contributed by atoms with Gasteiger partial charge in [0, 0.05) is 19.5 Å². The zero-order valence-corrected chi connectivity index (χ0v) is 9.75. The van der Waals surface area contributed by atoms with E-state index in [9.17, 15) is 4.79 Å². The molecule has 0 atom stereocenters. The molecule has 0 bridgehead atoms. The third-order valence-electron chi connectivity index (χ3n) is 2.95. The average molecular weight is 208 g/mol. The van der Waals surface area contributed by atoms with E-state index in [1.54, 1.807) is 0 Å². The molecule has 0 spiro atoms. The number of amides is 1. The largest absolute Gasteiger partial charge is 0.343 e. The summed E-state index contributed by atoms with van der Waals surface area (Å²) in [6, 6.07) is 2.30. The topological polar surface area (TPSA) is 44.1 Å². The van der Waals surface area contributed by atoms with Crippen molar-refractivity contribution >= 4 is 5.91 Å². The quantitative estimate of drug-likeness (QED) is 0.651. The van der Waals surface area contributed by atoms with E-state index in [4.69, 9.17) is 5.26 Å². The van der Waals surface area contributed by atoms with E-state index in [2.05, 4.69) is 6.07 Å². The molecule has 1 aliphatic heterocycles. The molecule has 1 rings (SSSR count). The van der Waals surface area contributed by atoms with Crippen LogP contribution in [0.25, 0.3) is 0 Å². The third kappa shape index (κ3) is 3.91. The van der Waals surface area contributed by atoms with Gasteiger partial charge in [-0.2, -0.15) is 5.26 Å². The van der Waals surface area contributed by atoms with Gasteiger partial charge >= 0.3 is 0 Å². The Morgan fingerprint density at radius 1 is 1.47 bits per heavy atom. The van der Waals surface area contributed by atoms with Crippen LogP contribution in [0.4, 0.5) is 0 Å². The van der Waals surface area contributed by atoms with Gasteiger partial charge in [-0.25, -0.2) is 0 Å². The van der Waals surface area contributed by atoms with Gasteiger partial charge < -0.3 is 4.90 Å². The second kappa shape index (κ2) is 5.16. The lowest BCUT2D eigenvalue weighted by molar-refractivity contribution is -0.127. The van der Waals surface area contributed by atoms with Crippen LogP contribution in [-0.2, 0) is 4.79 Å². The maximum Gasteiger partial charge on any atom is 0.222 e. The van der Waals surface area contributed by atoms with E-state index < -0.39 is 0 Å². The van der Waals surface area contributed by atoms with Crippen LogP contribution in [0, 0.1) is 16.7 Å². The van der Waals surface area contributed by atoms with Gasteiger partial charge in [0.15, 0.2) is 0 Å². The van der Waals surface area contributed by atoms with Crippen LogP contribution in [0.5, 0.6) is 0 Å². The lowest BCUT2D eigenvalue weighted by Crippen LogP contribution is -2.25. The number of rotatable bonds is 5. The number of unbranched alkanes of at least 4 members (excludes halogenated alkanes) is 1. The van der Waals surface area contributed by atoms with E-state index in [-0.39, 0.29) is 5.41 Å². The van der Waals surface area contributed by atoms with Crippen molar-refractivity contribution in [3.8, 4) is 6.07 Å². The molecule has 0 aliphatic carbocycles. The van der Waals surface area contributed by atoms with E-state index in [1.807, 2.05) is 18.7 Å². The molecule has 3 heteroatoms. The van der Waals surface area contributed by atoms with Crippen LogP contribution >= 0.6 is 0 Å². The standard InChI is InChI=1S/C12H20N2O/c1-12(2,10-13)7-3-4-8-14-9-5-6-11(14)15/h3-9H2,1-2H3. The van der Waals surface area contributed by atoms with Crippen molar-refractivity contribution in [2.24, 2.45) is 5.41 Å². The first-order valence-electron chi connectivity index (χ1n) is 5.74. The van der Waals surface area contributed by atoms with Gasteiger partial charge in [-0.1, -0.05) is 6.42 Å². The maximum atomic E-state index is 11.3. The van der Waals surface area contributed by atoms with Crippen molar-refractivity contribution in [1.29, 1.82) is 5.26 Å². The third-order valence-corrected chi connectivity index (χ3v) is 2.95. The minimum atomic E-state index is -0.213. The van der Waals surface area contributed by atoms with E-state index in [0.29, 0.717) is 5.91 Å². The van der Waals surface area contributed by atoms with E-state index in [1.165, 1.54) is 0 Å². The molecule has 0 N–H and O–H groups in total. The Morgan fingerprint density at radius 2 is 2.20 bits per heavy atom. The van der Waals surface area contributed by atoms with Crippen LogP contribution in [0.2, 0.25) is 0 Å². The fourth-order valence-corrected chi connectivity index (χ4v) is 1.87. The average Bonchev–Trinajstić information content (AvgIpc) is 2.59. The molecule has 84 valence electrons. The monoisotopic (exact) mass is 208 g/mol. The summed E-state index contributed by atoms with van der Waals surface area (Å²) in [5.74, 6) is 0.301. The number of hydrogen-bond acceptors (Lipinski definition) is 2. The van der Waals surface area contributed by atoms with Crippen molar-refractivity contribution in [1.82, 2.24) is 4.90 Å². The Balaban J connectivity index is 2.12. The first-order chi connectivity index (χ1) is 7.05. The molecular weight excluding hydrogens is 188 g/mol. The van der Waals surface area contributed by atoms with E-state index >= 15 is 0 Å². The number of carbonyl (C=O) groups is 1. The van der Waals surface area contributed by atoms with Gasteiger partial charge in [0.1, 0.15) is 0 Å². The predicted molar refractivity (Wildman–Crippen MR) is 59.1 cm³/mol. The molecule has 3 nitrogen and oxygen atoms in total. The number of nitrogens with zero attached hydrogens (tertiary/aromatic N) is 2. The van der Waals surface area contributed by atoms with Crippen LogP contribution in [-0.4, -0.2) is 23.9 Å². The van der Waals surface area contributed by atoms with Crippen molar-refractivity contribution in [3.05, 3.63) is 0 Å². The van der Waals surface area contributed by atoms with Crippen molar-refractivity contribution in [2.45, 2.75) is 46.0 Å². The van der Waals surface area contributed by atoms with Gasteiger partial charge in [-0.05, 0) is 33.1 Å². The smallest absolute Gasteiger partial charge is 0.222 e. The summed E-state index contributed by atoms with van der Waals surface area (Å²) in [6.07, 6.45) is 4.72. The summed E-state index contributed by atoms with van der Waals surface area (Å²) in [6.45, 7) is 5.74. The highest BCUT2D eigenvalue weighted by atomic mass is 16.2. The molecule has 1 heterocycles. The summed E-state index contributed by atoms with van der Waals surface area (Å²) in [7, 11) is 0. The Hall–Kier alpha value is -1.04. The molecule has 1 fully saturated rings. The fourth-order valence-electron chi connectivity index (χ4n) is 1.87. The Kier molecular flexibility index (Phi) is 4.14. The number of likely N-dealkylation sites (tertiary alicyclic amines) is 1. The summed E-state index contributed by atoms with van der Waals surface area (Å²) in [4.78, 5) is 13.2. The Morgan fingerprint density at radius 3 is 2.73 bits per heavy atom. The minimum Gasteiger partial charge on any atom is -0.343 e. The predicted octanol–water partition coefficient (Wildman–Crippen LogP) is 2.33. The number of hydrogen-bond donors (Lipinski definition) is 0. The van der Waals surface area contributed by atoms with Gasteiger partial charge in [-0.15, -0.1) is 0 Å². The van der Waals surface area contributed by atoms with Crippen molar-refractivity contribution in [3.63, 3.8) is 0 Å². The zero-order chi connectivity index (χ0) is 11.3. The summed E-state index contributed by atoms with van der Waals surface area (Å²) >= 11 is 0. The molecule has 15 heavy (non-hydrogen) atoms. The molecular formula is C12H20N2O. The van der Waals surface area contributed by atoms with E-state index in [0.717, 1.165) is 45.2 Å². The van der Waals surface area contributed by atoms with Crippen LogP contribution < -0.4 is 0 Å². The van der Waals surface area contributed by atoms with Crippen molar-refractivity contribution < 1.29 is 4.79 Å². The molecule has 0 saturated carbocycles. The Labute approximate surface area is 92.1 Å². The maximum absolute atomic E-state index is 11.3. The Bertz CT molecular complexity index is 265. The highest BCUT2D eigenvalue weighted by Crippen LogP contribution is 2.22. The lowest BCUT2D eigenvalue weighted by Gasteiger charge is -2.17. The highest BCUT2D eigenvalue weighted by molar-refractivity contribution is 5.77. The van der Waals surface area contributed by atoms with Crippen LogP contribution in [0.15, 0.2) is 0 Å². The van der Waals surface area contributed by atoms with Gasteiger partial charge in [-0.3, -0.25) is 4.79 Å². The molecule has 0 radical (unpaired) electrons. The minimum absolute atomic E-state index is 0.213. The number of carbonyl (C=O) groups excluding carboxylic acids is 1.